The lowest BCUT2D eigenvalue weighted by atomic mass is 10.2. The van der Waals surface area contributed by atoms with Gasteiger partial charge in [0.05, 0.1) is 23.7 Å². The maximum atomic E-state index is 5.33. The van der Waals surface area contributed by atoms with Gasteiger partial charge in [0.15, 0.2) is 0 Å². The van der Waals surface area contributed by atoms with Crippen LogP contribution in [-0.2, 0) is 30.7 Å². The lowest BCUT2D eigenvalue weighted by molar-refractivity contribution is 0.138. The molecule has 3 aromatic rings. The summed E-state index contributed by atoms with van der Waals surface area (Å²) in [6.45, 7) is 3.19. The van der Waals surface area contributed by atoms with E-state index in [-0.39, 0.29) is 0 Å². The molecule has 0 amide bonds. The molecular weight excluding hydrogens is 336 g/mol. The molecule has 2 aromatic heterocycles. The number of benzene rings is 1. The Hall–Kier alpha value is -2.50. The molecule has 4 rings (SSSR count). The van der Waals surface area contributed by atoms with Crippen molar-refractivity contribution in [3.05, 3.63) is 77.4 Å². The Morgan fingerprint density at radius 1 is 1.04 bits per heavy atom. The molecule has 140 valence electrons. The number of para-hydroxylation sites is 1. The van der Waals surface area contributed by atoms with Crippen LogP contribution in [0, 0.1) is 0 Å². The van der Waals surface area contributed by atoms with Crippen molar-refractivity contribution in [3.8, 4) is 5.69 Å². The van der Waals surface area contributed by atoms with E-state index in [4.69, 9.17) is 9.84 Å². The standard InChI is InChI=1S/C22H26N4O/c1-27-15-14-25(16-18-8-5-6-13-23-18)17-21-20-11-7-12-22(20)26(24-21)19-9-3-2-4-10-19/h2-6,8-10,13H,7,11-12,14-17H2,1H3. The van der Waals surface area contributed by atoms with E-state index in [1.165, 1.54) is 23.4 Å². The van der Waals surface area contributed by atoms with E-state index in [1.54, 1.807) is 7.11 Å². The monoisotopic (exact) mass is 362 g/mol. The van der Waals surface area contributed by atoms with Crippen LogP contribution in [0.4, 0.5) is 0 Å². The molecule has 0 N–H and O–H groups in total. The second-order valence-corrected chi connectivity index (χ2v) is 7.00. The number of nitrogens with zero attached hydrogens (tertiary/aromatic N) is 4. The Balaban J connectivity index is 1.59. The molecule has 1 aromatic carbocycles. The summed E-state index contributed by atoms with van der Waals surface area (Å²) in [6, 6.07) is 16.5. The zero-order valence-electron chi connectivity index (χ0n) is 15.8. The highest BCUT2D eigenvalue weighted by Crippen LogP contribution is 2.28. The minimum atomic E-state index is 0.703. The topological polar surface area (TPSA) is 43.2 Å². The number of rotatable bonds is 8. The number of aromatic nitrogens is 3. The van der Waals surface area contributed by atoms with Crippen LogP contribution in [0.1, 0.15) is 29.1 Å². The predicted octanol–water partition coefficient (Wildman–Crippen LogP) is 3.40. The maximum Gasteiger partial charge on any atom is 0.0804 e. The third-order valence-electron chi connectivity index (χ3n) is 5.11. The van der Waals surface area contributed by atoms with Crippen molar-refractivity contribution in [2.24, 2.45) is 0 Å². The Kier molecular flexibility index (Phi) is 5.61. The van der Waals surface area contributed by atoms with Crippen LogP contribution in [0.3, 0.4) is 0 Å². The number of pyridine rings is 1. The molecule has 0 fully saturated rings. The molecule has 0 bridgehead atoms. The van der Waals surface area contributed by atoms with E-state index in [0.717, 1.165) is 43.9 Å². The molecule has 0 saturated heterocycles. The third kappa shape index (κ3) is 4.10. The summed E-state index contributed by atoms with van der Waals surface area (Å²) in [5.41, 5.74) is 6.23. The van der Waals surface area contributed by atoms with Crippen LogP contribution < -0.4 is 0 Å². The molecule has 0 spiro atoms. The summed E-state index contributed by atoms with van der Waals surface area (Å²) in [6.07, 6.45) is 5.30. The van der Waals surface area contributed by atoms with Crippen molar-refractivity contribution in [1.82, 2.24) is 19.7 Å². The molecular formula is C22H26N4O. The normalized spacial score (nSPS) is 13.3. The third-order valence-corrected chi connectivity index (χ3v) is 5.11. The predicted molar refractivity (Wildman–Crippen MR) is 106 cm³/mol. The zero-order valence-corrected chi connectivity index (χ0v) is 15.8. The zero-order chi connectivity index (χ0) is 18.5. The lowest BCUT2D eigenvalue weighted by Crippen LogP contribution is -2.27. The van der Waals surface area contributed by atoms with Crippen LogP contribution in [0.2, 0.25) is 0 Å². The number of hydrogen-bond acceptors (Lipinski definition) is 4. The van der Waals surface area contributed by atoms with Gasteiger partial charge in [0.2, 0.25) is 0 Å². The van der Waals surface area contributed by atoms with Gasteiger partial charge >= 0.3 is 0 Å². The molecule has 0 saturated carbocycles. The molecule has 0 aliphatic heterocycles. The Morgan fingerprint density at radius 3 is 2.67 bits per heavy atom. The van der Waals surface area contributed by atoms with Crippen LogP contribution >= 0.6 is 0 Å². The summed E-state index contributed by atoms with van der Waals surface area (Å²) < 4.78 is 7.47. The van der Waals surface area contributed by atoms with Crippen molar-refractivity contribution >= 4 is 0 Å². The van der Waals surface area contributed by atoms with Crippen LogP contribution in [0.5, 0.6) is 0 Å². The summed E-state index contributed by atoms with van der Waals surface area (Å²) in [5, 5.41) is 5.01. The van der Waals surface area contributed by atoms with Gasteiger partial charge < -0.3 is 4.74 Å². The first-order valence-electron chi connectivity index (χ1n) is 9.61. The minimum absolute atomic E-state index is 0.703. The summed E-state index contributed by atoms with van der Waals surface area (Å²) in [7, 11) is 1.75. The van der Waals surface area contributed by atoms with Crippen LogP contribution in [-0.4, -0.2) is 39.9 Å². The van der Waals surface area contributed by atoms with Crippen molar-refractivity contribution < 1.29 is 4.74 Å². The van der Waals surface area contributed by atoms with E-state index >= 15 is 0 Å². The van der Waals surface area contributed by atoms with Crippen molar-refractivity contribution in [1.29, 1.82) is 0 Å². The Bertz CT molecular complexity index is 861. The van der Waals surface area contributed by atoms with Gasteiger partial charge in [0.1, 0.15) is 0 Å². The molecule has 2 heterocycles. The van der Waals surface area contributed by atoms with Gasteiger partial charge in [-0.1, -0.05) is 24.3 Å². The Morgan fingerprint density at radius 2 is 1.89 bits per heavy atom. The summed E-state index contributed by atoms with van der Waals surface area (Å²) >= 11 is 0. The quantitative estimate of drug-likeness (QED) is 0.616. The molecule has 0 radical (unpaired) electrons. The van der Waals surface area contributed by atoms with Crippen LogP contribution in [0.15, 0.2) is 54.7 Å². The lowest BCUT2D eigenvalue weighted by Gasteiger charge is -2.21. The van der Waals surface area contributed by atoms with E-state index in [2.05, 4.69) is 44.9 Å². The highest BCUT2D eigenvalue weighted by molar-refractivity contribution is 5.39. The number of ether oxygens (including phenoxy) is 1. The van der Waals surface area contributed by atoms with E-state index < -0.39 is 0 Å². The maximum absolute atomic E-state index is 5.33. The molecule has 5 nitrogen and oxygen atoms in total. The number of fused-ring (bicyclic) bond motifs is 1. The van der Waals surface area contributed by atoms with Gasteiger partial charge in [-0.3, -0.25) is 9.88 Å². The molecule has 0 unspecified atom stereocenters. The molecule has 27 heavy (non-hydrogen) atoms. The second-order valence-electron chi connectivity index (χ2n) is 7.00. The fourth-order valence-electron chi connectivity index (χ4n) is 3.79. The van der Waals surface area contributed by atoms with Gasteiger partial charge in [-0.15, -0.1) is 0 Å². The van der Waals surface area contributed by atoms with Crippen LogP contribution in [0.25, 0.3) is 5.69 Å². The fraction of sp³-hybridized carbons (Fsp3) is 0.364. The molecule has 0 atom stereocenters. The van der Waals surface area contributed by atoms with E-state index in [1.807, 2.05) is 24.4 Å². The fourth-order valence-corrected chi connectivity index (χ4v) is 3.79. The van der Waals surface area contributed by atoms with Gasteiger partial charge in [-0.25, -0.2) is 4.68 Å². The second kappa shape index (κ2) is 8.46. The van der Waals surface area contributed by atoms with E-state index in [9.17, 15) is 0 Å². The first-order chi connectivity index (χ1) is 13.3. The van der Waals surface area contributed by atoms with Gasteiger partial charge in [0, 0.05) is 38.6 Å². The smallest absolute Gasteiger partial charge is 0.0804 e. The first-order valence-corrected chi connectivity index (χ1v) is 9.61. The highest BCUT2D eigenvalue weighted by atomic mass is 16.5. The average Bonchev–Trinajstić information content (AvgIpc) is 3.31. The highest BCUT2D eigenvalue weighted by Gasteiger charge is 2.24. The van der Waals surface area contributed by atoms with Crippen molar-refractivity contribution in [2.75, 3.05) is 20.3 Å². The average molecular weight is 362 g/mol. The largest absolute Gasteiger partial charge is 0.383 e. The summed E-state index contributed by atoms with van der Waals surface area (Å²) in [5.74, 6) is 0. The molecule has 1 aliphatic rings. The van der Waals surface area contributed by atoms with Gasteiger partial charge in [-0.05, 0) is 49.1 Å². The molecule has 5 heteroatoms. The number of hydrogen-bond donors (Lipinski definition) is 0. The Labute approximate surface area is 160 Å². The molecule has 1 aliphatic carbocycles. The summed E-state index contributed by atoms with van der Waals surface area (Å²) in [4.78, 5) is 6.86. The minimum Gasteiger partial charge on any atom is -0.383 e. The van der Waals surface area contributed by atoms with E-state index in [0.29, 0.717) is 6.61 Å². The van der Waals surface area contributed by atoms with Gasteiger partial charge in [0.25, 0.3) is 0 Å². The SMILES string of the molecule is COCCN(Cc1ccccn1)Cc1nn(-c2ccccc2)c2c1CCC2. The van der Waals surface area contributed by atoms with Crippen molar-refractivity contribution in [3.63, 3.8) is 0 Å². The van der Waals surface area contributed by atoms with Crippen molar-refractivity contribution in [2.45, 2.75) is 32.4 Å². The first kappa shape index (κ1) is 17.9. The number of methoxy groups -OCH3 is 1. The van der Waals surface area contributed by atoms with Gasteiger partial charge in [-0.2, -0.15) is 5.10 Å².